The summed E-state index contributed by atoms with van der Waals surface area (Å²) in [4.78, 5) is 35.3. The number of hydrogen-bond donors (Lipinski definition) is 1. The SMILES string of the molecule is Cn1ccc(=O)n(CC(=O)Nc2cccc(C#N)c2)c1=O. The van der Waals surface area contributed by atoms with Gasteiger partial charge in [-0.2, -0.15) is 5.26 Å². The molecule has 7 nitrogen and oxygen atoms in total. The molecule has 1 amide bonds. The summed E-state index contributed by atoms with van der Waals surface area (Å²) >= 11 is 0. The van der Waals surface area contributed by atoms with Crippen molar-refractivity contribution in [3.8, 4) is 6.07 Å². The van der Waals surface area contributed by atoms with Gasteiger partial charge in [-0.05, 0) is 18.2 Å². The van der Waals surface area contributed by atoms with Gasteiger partial charge in [0.1, 0.15) is 6.54 Å². The lowest BCUT2D eigenvalue weighted by Crippen LogP contribution is -2.40. The third kappa shape index (κ3) is 3.25. The van der Waals surface area contributed by atoms with Crippen molar-refractivity contribution in [3.63, 3.8) is 0 Å². The molecule has 0 atom stereocenters. The van der Waals surface area contributed by atoms with E-state index >= 15 is 0 Å². The molecular formula is C14H12N4O3. The minimum Gasteiger partial charge on any atom is -0.324 e. The monoisotopic (exact) mass is 284 g/mol. The van der Waals surface area contributed by atoms with Gasteiger partial charge in [-0.15, -0.1) is 0 Å². The highest BCUT2D eigenvalue weighted by molar-refractivity contribution is 5.90. The first-order valence-electron chi connectivity index (χ1n) is 6.08. The first-order valence-corrected chi connectivity index (χ1v) is 6.08. The number of anilines is 1. The van der Waals surface area contributed by atoms with Crippen LogP contribution in [0, 0.1) is 11.3 Å². The van der Waals surface area contributed by atoms with E-state index in [9.17, 15) is 14.4 Å². The number of carbonyl (C=O) groups is 1. The molecule has 21 heavy (non-hydrogen) atoms. The van der Waals surface area contributed by atoms with Crippen LogP contribution >= 0.6 is 0 Å². The third-order valence-electron chi connectivity index (χ3n) is 2.82. The van der Waals surface area contributed by atoms with E-state index in [4.69, 9.17) is 5.26 Å². The first-order chi connectivity index (χ1) is 10.0. The lowest BCUT2D eigenvalue weighted by molar-refractivity contribution is -0.116. The predicted molar refractivity (Wildman–Crippen MR) is 75.7 cm³/mol. The fraction of sp³-hybridized carbons (Fsp3) is 0.143. The van der Waals surface area contributed by atoms with Crippen molar-refractivity contribution in [1.82, 2.24) is 9.13 Å². The zero-order valence-electron chi connectivity index (χ0n) is 11.2. The molecule has 2 rings (SSSR count). The van der Waals surface area contributed by atoms with Gasteiger partial charge in [-0.3, -0.25) is 14.2 Å². The van der Waals surface area contributed by atoms with Gasteiger partial charge in [0.2, 0.25) is 5.91 Å². The Labute approximate surface area is 119 Å². The number of aryl methyl sites for hydroxylation is 1. The molecule has 0 spiro atoms. The molecule has 0 saturated heterocycles. The van der Waals surface area contributed by atoms with E-state index in [2.05, 4.69) is 5.32 Å². The Morgan fingerprint density at radius 3 is 2.81 bits per heavy atom. The van der Waals surface area contributed by atoms with Crippen molar-refractivity contribution < 1.29 is 4.79 Å². The second-order valence-electron chi connectivity index (χ2n) is 4.37. The number of nitriles is 1. The van der Waals surface area contributed by atoms with Gasteiger partial charge < -0.3 is 9.88 Å². The number of nitrogens with zero attached hydrogens (tertiary/aromatic N) is 3. The number of hydrogen-bond acceptors (Lipinski definition) is 4. The van der Waals surface area contributed by atoms with Gasteiger partial charge >= 0.3 is 5.69 Å². The van der Waals surface area contributed by atoms with E-state index in [1.165, 1.54) is 29.9 Å². The Bertz CT molecular complexity index is 842. The summed E-state index contributed by atoms with van der Waals surface area (Å²) in [7, 11) is 1.49. The van der Waals surface area contributed by atoms with Crippen molar-refractivity contribution >= 4 is 11.6 Å². The summed E-state index contributed by atoms with van der Waals surface area (Å²) in [6, 6.07) is 9.52. The number of carbonyl (C=O) groups excluding carboxylic acids is 1. The molecule has 0 saturated carbocycles. The molecule has 0 radical (unpaired) electrons. The van der Waals surface area contributed by atoms with Crippen LogP contribution in [0.5, 0.6) is 0 Å². The minimum atomic E-state index is -0.566. The average molecular weight is 284 g/mol. The van der Waals surface area contributed by atoms with Crippen LogP contribution in [0.4, 0.5) is 5.69 Å². The van der Waals surface area contributed by atoms with Crippen molar-refractivity contribution in [2.24, 2.45) is 7.05 Å². The number of aromatic nitrogens is 2. The van der Waals surface area contributed by atoms with Crippen molar-refractivity contribution in [2.75, 3.05) is 5.32 Å². The van der Waals surface area contributed by atoms with Gasteiger partial charge in [0.25, 0.3) is 5.56 Å². The predicted octanol–water partition coefficient (Wildman–Crippen LogP) is 0.0574. The van der Waals surface area contributed by atoms with Crippen LogP contribution in [0.2, 0.25) is 0 Å². The normalized spacial score (nSPS) is 9.90. The molecule has 0 bridgehead atoms. The molecule has 7 heteroatoms. The average Bonchev–Trinajstić information content (AvgIpc) is 2.48. The number of benzene rings is 1. The zero-order valence-corrected chi connectivity index (χ0v) is 11.2. The van der Waals surface area contributed by atoms with Gasteiger partial charge in [0, 0.05) is 25.0 Å². The largest absolute Gasteiger partial charge is 0.331 e. The topological polar surface area (TPSA) is 96.9 Å². The summed E-state index contributed by atoms with van der Waals surface area (Å²) in [6.45, 7) is -0.386. The zero-order chi connectivity index (χ0) is 15.4. The molecule has 0 fully saturated rings. The molecule has 106 valence electrons. The fourth-order valence-electron chi connectivity index (χ4n) is 1.77. The standard InChI is InChI=1S/C14H12N4O3/c1-17-6-5-13(20)18(14(17)21)9-12(19)16-11-4-2-3-10(7-11)8-15/h2-7H,9H2,1H3,(H,16,19). The van der Waals surface area contributed by atoms with E-state index in [1.54, 1.807) is 18.2 Å². The van der Waals surface area contributed by atoms with Crippen LogP contribution in [-0.4, -0.2) is 15.0 Å². The molecule has 1 N–H and O–H groups in total. The molecule has 1 heterocycles. The molecule has 2 aromatic rings. The lowest BCUT2D eigenvalue weighted by Gasteiger charge is -2.08. The second-order valence-corrected chi connectivity index (χ2v) is 4.37. The van der Waals surface area contributed by atoms with Crippen molar-refractivity contribution in [1.29, 1.82) is 5.26 Å². The Balaban J connectivity index is 2.20. The van der Waals surface area contributed by atoms with Gasteiger partial charge in [0.15, 0.2) is 0 Å². The smallest absolute Gasteiger partial charge is 0.324 e. The Kier molecular flexibility index (Phi) is 4.00. The van der Waals surface area contributed by atoms with Crippen LogP contribution in [0.15, 0.2) is 46.1 Å². The molecule has 0 aliphatic rings. The van der Waals surface area contributed by atoms with Crippen molar-refractivity contribution in [3.05, 3.63) is 62.9 Å². The maximum absolute atomic E-state index is 11.9. The van der Waals surface area contributed by atoms with Crippen LogP contribution in [0.3, 0.4) is 0 Å². The maximum Gasteiger partial charge on any atom is 0.331 e. The summed E-state index contributed by atoms with van der Waals surface area (Å²) in [5.74, 6) is -0.518. The van der Waals surface area contributed by atoms with Crippen LogP contribution in [0.25, 0.3) is 0 Å². The lowest BCUT2D eigenvalue weighted by atomic mass is 10.2. The molecule has 0 unspecified atom stereocenters. The summed E-state index contributed by atoms with van der Waals surface area (Å²) in [6.07, 6.45) is 1.34. The Morgan fingerprint density at radius 1 is 1.33 bits per heavy atom. The summed E-state index contributed by atoms with van der Waals surface area (Å²) in [5.41, 5.74) is -0.275. The summed E-state index contributed by atoms with van der Waals surface area (Å²) in [5, 5.41) is 11.3. The highest BCUT2D eigenvalue weighted by Crippen LogP contribution is 2.09. The van der Waals surface area contributed by atoms with E-state index < -0.39 is 17.2 Å². The number of nitrogens with one attached hydrogen (secondary N) is 1. The van der Waals surface area contributed by atoms with E-state index in [-0.39, 0.29) is 6.54 Å². The quantitative estimate of drug-likeness (QED) is 0.861. The van der Waals surface area contributed by atoms with E-state index in [1.807, 2.05) is 6.07 Å². The number of amides is 1. The van der Waals surface area contributed by atoms with Crippen LogP contribution in [0.1, 0.15) is 5.56 Å². The van der Waals surface area contributed by atoms with Gasteiger partial charge in [-0.1, -0.05) is 6.07 Å². The van der Waals surface area contributed by atoms with E-state index in [0.717, 1.165) is 4.57 Å². The second kappa shape index (κ2) is 5.88. The number of rotatable bonds is 3. The third-order valence-corrected chi connectivity index (χ3v) is 2.82. The van der Waals surface area contributed by atoms with Gasteiger partial charge in [0.05, 0.1) is 11.6 Å². The van der Waals surface area contributed by atoms with Crippen molar-refractivity contribution in [2.45, 2.75) is 6.54 Å². The highest BCUT2D eigenvalue weighted by Gasteiger charge is 2.09. The minimum absolute atomic E-state index is 0.386. The molecule has 0 aliphatic heterocycles. The molecular weight excluding hydrogens is 272 g/mol. The first kappa shape index (κ1) is 14.3. The maximum atomic E-state index is 11.9. The Morgan fingerprint density at radius 2 is 2.10 bits per heavy atom. The van der Waals surface area contributed by atoms with Crippen LogP contribution in [-0.2, 0) is 18.4 Å². The highest BCUT2D eigenvalue weighted by atomic mass is 16.2. The van der Waals surface area contributed by atoms with Gasteiger partial charge in [-0.25, -0.2) is 4.79 Å². The summed E-state index contributed by atoms with van der Waals surface area (Å²) < 4.78 is 2.05. The molecule has 1 aromatic carbocycles. The molecule has 0 aliphatic carbocycles. The van der Waals surface area contributed by atoms with Crippen LogP contribution < -0.4 is 16.6 Å². The van der Waals surface area contributed by atoms with E-state index in [0.29, 0.717) is 11.3 Å². The fourth-order valence-corrected chi connectivity index (χ4v) is 1.77. The molecule has 1 aromatic heterocycles. The Hall–Kier alpha value is -3.14.